The number of nitriles is 1. The maximum Gasteiger partial charge on any atom is 0.269 e. The van der Waals surface area contributed by atoms with Crippen LogP contribution in [0, 0.1) is 17.9 Å². The van der Waals surface area contributed by atoms with Gasteiger partial charge in [-0.15, -0.1) is 0 Å². The number of rotatable bonds is 6. The lowest BCUT2D eigenvalue weighted by molar-refractivity contribution is -0.115. The Labute approximate surface area is 211 Å². The van der Waals surface area contributed by atoms with Gasteiger partial charge in [0.15, 0.2) is 0 Å². The minimum absolute atomic E-state index is 0.0297. The number of hydrogen-bond acceptors (Lipinski definition) is 11. The van der Waals surface area contributed by atoms with E-state index in [4.69, 9.17) is 18.0 Å². The van der Waals surface area contributed by atoms with E-state index in [1.165, 1.54) is 0 Å². The first kappa shape index (κ1) is 26.1. The molecule has 1 aromatic carbocycles. The van der Waals surface area contributed by atoms with E-state index in [1.807, 2.05) is 0 Å². The molecule has 1 aromatic rings. The first-order valence-electron chi connectivity index (χ1n) is 8.43. The van der Waals surface area contributed by atoms with Gasteiger partial charge in [-0.05, 0) is 0 Å². The lowest BCUT2D eigenvalue weighted by Gasteiger charge is -2.17. The average Bonchev–Trinajstić information content (AvgIpc) is 3.28. The summed E-state index contributed by atoms with van der Waals surface area (Å²) in [6, 6.07) is 1.70. The summed E-state index contributed by atoms with van der Waals surface area (Å²) in [7, 11) is -7.72. The zero-order valence-electron chi connectivity index (χ0n) is 16.9. The summed E-state index contributed by atoms with van der Waals surface area (Å²) >= 11 is 3.44. The van der Waals surface area contributed by atoms with Crippen LogP contribution in [0.5, 0.6) is 0 Å². The van der Waals surface area contributed by atoms with Crippen molar-refractivity contribution in [2.24, 2.45) is 11.5 Å². The Hall–Kier alpha value is -2.48. The molecule has 2 aliphatic heterocycles. The summed E-state index contributed by atoms with van der Waals surface area (Å²) < 4.78 is 53.6. The molecule has 2 amide bonds. The molecule has 0 saturated heterocycles. The number of carbonyl (C=O) groups is 2. The first-order chi connectivity index (χ1) is 15.7. The van der Waals surface area contributed by atoms with Gasteiger partial charge in [0.2, 0.25) is 26.0 Å². The number of nitrogens with two attached hydrogens (primary N) is 2. The van der Waals surface area contributed by atoms with Gasteiger partial charge in [-0.1, -0.05) is 47.0 Å². The van der Waals surface area contributed by atoms with Crippen LogP contribution in [0.25, 0.3) is 4.85 Å². The number of benzene rings is 1. The molecule has 2 heterocycles. The number of hydrogen-bond donors (Lipinski definition) is 4. The van der Waals surface area contributed by atoms with Crippen molar-refractivity contribution in [1.29, 1.82) is 5.26 Å². The molecule has 6 N–H and O–H groups in total. The van der Waals surface area contributed by atoms with Crippen molar-refractivity contribution in [3.63, 3.8) is 0 Å². The van der Waals surface area contributed by atoms with Gasteiger partial charge in [-0.3, -0.25) is 19.0 Å². The van der Waals surface area contributed by atoms with E-state index in [2.05, 4.69) is 14.3 Å². The number of anilines is 2. The molecule has 0 atom stereocenters. The highest BCUT2D eigenvalue weighted by atomic mass is 32.2. The maximum absolute atomic E-state index is 12.1. The quantitative estimate of drug-likeness (QED) is 0.166. The lowest BCUT2D eigenvalue weighted by Crippen LogP contribution is -2.14. The number of fused-ring (bicyclic) bond motifs is 2. The van der Waals surface area contributed by atoms with Gasteiger partial charge in [0, 0.05) is 0 Å². The van der Waals surface area contributed by atoms with E-state index in [0.717, 1.165) is 59.6 Å². The second kappa shape index (κ2) is 9.29. The van der Waals surface area contributed by atoms with Crippen molar-refractivity contribution in [2.75, 3.05) is 22.0 Å². The van der Waals surface area contributed by atoms with Crippen molar-refractivity contribution in [1.82, 2.24) is 0 Å². The summed E-state index contributed by atoms with van der Waals surface area (Å²) in [5.41, 5.74) is 9.84. The van der Waals surface area contributed by atoms with Crippen LogP contribution in [0.2, 0.25) is 0 Å². The number of sulfonamides is 2. The monoisotopic (exact) mass is 576 g/mol. The maximum atomic E-state index is 12.1. The third-order valence-electron chi connectivity index (χ3n) is 3.78. The molecule has 0 aliphatic carbocycles. The Bertz CT molecular complexity index is 1370. The SMILES string of the molecule is [C-]#[N+]C(C(N)=O)=C1Sc2c(NS(C)(=O)=O)c3c(c(NS(C)(=O)=O)c2S1)SC(=C(C#N)C(N)=O)S3. The molecule has 178 valence electrons. The van der Waals surface area contributed by atoms with Gasteiger partial charge in [0.05, 0.1) is 58.5 Å². The number of nitrogens with one attached hydrogen (secondary N) is 2. The van der Waals surface area contributed by atoms with Crippen molar-refractivity contribution < 1.29 is 26.4 Å². The van der Waals surface area contributed by atoms with Gasteiger partial charge >= 0.3 is 0 Å². The fraction of sp³-hybridized carbons (Fsp3) is 0.125. The number of amides is 2. The minimum Gasteiger partial charge on any atom is -0.375 e. The second-order valence-electron chi connectivity index (χ2n) is 6.47. The Balaban J connectivity index is 2.41. The number of carbonyl (C=O) groups excluding carboxylic acids is 2. The van der Waals surface area contributed by atoms with Crippen LogP contribution < -0.4 is 20.9 Å². The van der Waals surface area contributed by atoms with Crippen molar-refractivity contribution in [2.45, 2.75) is 19.6 Å². The largest absolute Gasteiger partial charge is 0.375 e. The predicted molar refractivity (Wildman–Crippen MR) is 131 cm³/mol. The molecular formula is C16H12N6O6S6. The summed E-state index contributed by atoms with van der Waals surface area (Å²) in [4.78, 5) is 27.4. The Morgan fingerprint density at radius 1 is 0.853 bits per heavy atom. The number of thioether (sulfide) groups is 4. The van der Waals surface area contributed by atoms with Gasteiger partial charge in [0.1, 0.15) is 11.6 Å². The smallest absolute Gasteiger partial charge is 0.269 e. The molecule has 0 fully saturated rings. The van der Waals surface area contributed by atoms with Crippen LogP contribution in [0.3, 0.4) is 0 Å². The van der Waals surface area contributed by atoms with Crippen molar-refractivity contribution in [3.8, 4) is 6.07 Å². The van der Waals surface area contributed by atoms with Crippen LogP contribution in [-0.4, -0.2) is 41.2 Å². The van der Waals surface area contributed by atoms with Crippen LogP contribution in [0.4, 0.5) is 11.4 Å². The van der Waals surface area contributed by atoms with E-state index in [0.29, 0.717) is 0 Å². The van der Waals surface area contributed by atoms with Crippen molar-refractivity contribution in [3.05, 3.63) is 31.2 Å². The summed E-state index contributed by atoms with van der Waals surface area (Å²) in [6.45, 7) is 7.25. The van der Waals surface area contributed by atoms with E-state index in [-0.39, 0.29) is 45.0 Å². The van der Waals surface area contributed by atoms with E-state index >= 15 is 0 Å². The molecule has 18 heteroatoms. The molecule has 0 radical (unpaired) electrons. The fourth-order valence-electron chi connectivity index (χ4n) is 2.62. The third-order valence-corrected chi connectivity index (χ3v) is 10.2. The molecule has 0 bridgehead atoms. The molecule has 34 heavy (non-hydrogen) atoms. The Kier molecular flexibility index (Phi) is 7.14. The molecule has 0 aromatic heterocycles. The second-order valence-corrected chi connectivity index (χ2v) is 14.6. The first-order valence-corrected chi connectivity index (χ1v) is 15.5. The van der Waals surface area contributed by atoms with Crippen LogP contribution >= 0.6 is 47.0 Å². The number of primary amides is 2. The van der Waals surface area contributed by atoms with Gasteiger partial charge < -0.3 is 11.5 Å². The van der Waals surface area contributed by atoms with Crippen LogP contribution in [0.1, 0.15) is 0 Å². The lowest BCUT2D eigenvalue weighted by atomic mass is 10.3. The highest BCUT2D eigenvalue weighted by Gasteiger charge is 2.38. The molecule has 12 nitrogen and oxygen atoms in total. The van der Waals surface area contributed by atoms with Gasteiger partial charge in [0.25, 0.3) is 11.6 Å². The fourth-order valence-corrected chi connectivity index (χ4v) is 9.51. The summed E-state index contributed by atoms with van der Waals surface area (Å²) in [5, 5.41) is 9.34. The predicted octanol–water partition coefficient (Wildman–Crippen LogP) is 1.62. The Morgan fingerprint density at radius 3 is 1.50 bits per heavy atom. The van der Waals surface area contributed by atoms with Gasteiger partial charge in [-0.2, -0.15) is 5.26 Å². The highest BCUT2D eigenvalue weighted by Crippen LogP contribution is 2.67. The molecule has 2 aliphatic rings. The zero-order chi connectivity index (χ0) is 25.6. The highest BCUT2D eigenvalue weighted by molar-refractivity contribution is 8.26. The minimum atomic E-state index is -3.86. The molecule has 0 unspecified atom stereocenters. The van der Waals surface area contributed by atoms with E-state index in [9.17, 15) is 31.7 Å². The molecule has 0 spiro atoms. The number of nitrogens with zero attached hydrogens (tertiary/aromatic N) is 2. The van der Waals surface area contributed by atoms with E-state index in [1.54, 1.807) is 6.07 Å². The average molecular weight is 577 g/mol. The summed E-state index contributed by atoms with van der Waals surface area (Å²) in [5.74, 6) is -2.01. The van der Waals surface area contributed by atoms with Gasteiger partial charge in [-0.25, -0.2) is 21.7 Å². The standard InChI is InChI=1S/C16H12N6O6S6/c1-20-8(14(19)24)16-31-11-6(21-33(2,25)26)9-10(7(12(11)32-16)22-34(3,27)28)30-15(29-9)5(4-17)13(18)23/h21-22H,2-3H3,(H2,18,23)(H2,19,24). The topological polar surface area (TPSA) is 207 Å². The van der Waals surface area contributed by atoms with E-state index < -0.39 is 37.6 Å². The van der Waals surface area contributed by atoms with Crippen LogP contribution in [-0.2, 0) is 29.6 Å². The van der Waals surface area contributed by atoms with Crippen molar-refractivity contribution >= 4 is 90.3 Å². The molecule has 3 rings (SSSR count). The summed E-state index contributed by atoms with van der Waals surface area (Å²) in [6.07, 6.45) is 1.80. The zero-order valence-corrected chi connectivity index (χ0v) is 21.8. The Morgan fingerprint density at radius 2 is 1.24 bits per heavy atom. The van der Waals surface area contributed by atoms with Crippen LogP contribution in [0.15, 0.2) is 39.3 Å². The normalized spacial score (nSPS) is 14.5. The third kappa shape index (κ3) is 5.27. The molecule has 0 saturated carbocycles. The molecular weight excluding hydrogens is 565 g/mol.